The highest BCUT2D eigenvalue weighted by Gasteiger charge is 2.40. The van der Waals surface area contributed by atoms with Crippen molar-refractivity contribution in [1.29, 1.82) is 0 Å². The van der Waals surface area contributed by atoms with E-state index in [9.17, 15) is 4.79 Å². The largest absolute Gasteiger partial charge is 0.445 e. The van der Waals surface area contributed by atoms with Crippen LogP contribution in [0.4, 0.5) is 4.79 Å². The first-order valence-electron chi connectivity index (χ1n) is 7.56. The Labute approximate surface area is 140 Å². The van der Waals surface area contributed by atoms with Crippen molar-refractivity contribution in [2.24, 2.45) is 0 Å². The number of rotatable bonds is 6. The van der Waals surface area contributed by atoms with Gasteiger partial charge in [0.15, 0.2) is 5.72 Å². The number of hydrogen-bond acceptors (Lipinski definition) is 4. The third kappa shape index (κ3) is 4.50. The third-order valence-corrected chi connectivity index (χ3v) is 4.86. The van der Waals surface area contributed by atoms with Gasteiger partial charge >= 0.3 is 6.09 Å². The molecule has 3 rings (SSSR count). The summed E-state index contributed by atoms with van der Waals surface area (Å²) in [6, 6.07) is 19.7. The summed E-state index contributed by atoms with van der Waals surface area (Å²) >= 11 is 1.66. The Hall–Kier alpha value is -1.98. The smallest absolute Gasteiger partial charge is 0.409 e. The minimum Gasteiger partial charge on any atom is -0.445 e. The van der Waals surface area contributed by atoms with Crippen LogP contribution >= 0.6 is 11.8 Å². The van der Waals surface area contributed by atoms with Crippen LogP contribution in [0.1, 0.15) is 12.0 Å². The molecule has 1 aliphatic rings. The average Bonchev–Trinajstić information content (AvgIpc) is 2.57. The Morgan fingerprint density at radius 2 is 1.78 bits per heavy atom. The summed E-state index contributed by atoms with van der Waals surface area (Å²) in [6.45, 7) is 0.920. The molecule has 1 amide bonds. The van der Waals surface area contributed by atoms with Crippen LogP contribution in [0.25, 0.3) is 0 Å². The summed E-state index contributed by atoms with van der Waals surface area (Å²) < 4.78 is 10.9. The lowest BCUT2D eigenvalue weighted by molar-refractivity contribution is -0.146. The van der Waals surface area contributed by atoms with Gasteiger partial charge in [-0.15, -0.1) is 11.8 Å². The maximum Gasteiger partial charge on any atom is 0.409 e. The predicted octanol–water partition coefficient (Wildman–Crippen LogP) is 3.82. The van der Waals surface area contributed by atoms with Crippen LogP contribution in [0.5, 0.6) is 0 Å². The van der Waals surface area contributed by atoms with Crippen LogP contribution in [0, 0.1) is 0 Å². The highest BCUT2D eigenvalue weighted by Crippen LogP contribution is 2.31. The molecule has 0 radical (unpaired) electrons. The summed E-state index contributed by atoms with van der Waals surface area (Å²) in [7, 11) is 0. The number of amides is 1. The number of alkyl carbamates (subject to hydrolysis) is 1. The van der Waals surface area contributed by atoms with Gasteiger partial charge in [-0.1, -0.05) is 48.5 Å². The lowest BCUT2D eigenvalue weighted by Gasteiger charge is -2.41. The van der Waals surface area contributed by atoms with E-state index < -0.39 is 11.8 Å². The summed E-state index contributed by atoms with van der Waals surface area (Å²) in [4.78, 5) is 13.2. The van der Waals surface area contributed by atoms with Crippen LogP contribution in [-0.2, 0) is 16.1 Å². The summed E-state index contributed by atoms with van der Waals surface area (Å²) in [5.74, 6) is 0.664. The van der Waals surface area contributed by atoms with Gasteiger partial charge in [0.1, 0.15) is 6.61 Å². The molecule has 4 nitrogen and oxygen atoms in total. The molecule has 0 saturated carbocycles. The molecule has 2 aromatic carbocycles. The quantitative estimate of drug-likeness (QED) is 0.819. The fourth-order valence-electron chi connectivity index (χ4n) is 2.26. The topological polar surface area (TPSA) is 47.6 Å². The number of hydrogen-bond donors (Lipinski definition) is 1. The Kier molecular flexibility index (Phi) is 5.20. The zero-order valence-electron chi connectivity index (χ0n) is 12.7. The maximum atomic E-state index is 12.0. The standard InChI is InChI=1S/C18H19NO3S/c20-17(21-13-15-7-3-1-4-8-15)19-18(11-12-22-18)14-23-16-9-5-2-6-10-16/h1-10H,11-14H2,(H,19,20)/t18-/m1/s1. The van der Waals surface area contributed by atoms with Gasteiger partial charge in [-0.2, -0.15) is 0 Å². The molecule has 23 heavy (non-hydrogen) atoms. The van der Waals surface area contributed by atoms with Gasteiger partial charge in [0.25, 0.3) is 0 Å². The van der Waals surface area contributed by atoms with Crippen LogP contribution in [-0.4, -0.2) is 24.2 Å². The Morgan fingerprint density at radius 3 is 2.39 bits per heavy atom. The van der Waals surface area contributed by atoms with Crippen LogP contribution in [0.2, 0.25) is 0 Å². The lowest BCUT2D eigenvalue weighted by Crippen LogP contribution is -2.59. The molecule has 1 N–H and O–H groups in total. The molecule has 1 atom stereocenters. The molecule has 1 heterocycles. The van der Waals surface area contributed by atoms with E-state index in [2.05, 4.69) is 5.32 Å². The second-order valence-electron chi connectivity index (χ2n) is 5.38. The molecule has 0 spiro atoms. The fraction of sp³-hybridized carbons (Fsp3) is 0.278. The summed E-state index contributed by atoms with van der Waals surface area (Å²) in [5, 5.41) is 2.87. The van der Waals surface area contributed by atoms with E-state index in [0.29, 0.717) is 12.4 Å². The predicted molar refractivity (Wildman–Crippen MR) is 90.2 cm³/mol. The second kappa shape index (κ2) is 7.53. The van der Waals surface area contributed by atoms with Crippen molar-refractivity contribution < 1.29 is 14.3 Å². The molecule has 0 unspecified atom stereocenters. The van der Waals surface area contributed by atoms with Gasteiger partial charge in [0.2, 0.25) is 0 Å². The van der Waals surface area contributed by atoms with E-state index >= 15 is 0 Å². The Morgan fingerprint density at radius 1 is 1.13 bits per heavy atom. The number of benzene rings is 2. The van der Waals surface area contributed by atoms with E-state index in [1.54, 1.807) is 11.8 Å². The SMILES string of the molecule is O=C(N[C@]1(CSc2ccccc2)CCO1)OCc1ccccc1. The van der Waals surface area contributed by atoms with E-state index in [0.717, 1.165) is 16.9 Å². The number of nitrogens with one attached hydrogen (secondary N) is 1. The normalized spacial score (nSPS) is 19.7. The molecule has 0 aromatic heterocycles. The third-order valence-electron chi connectivity index (χ3n) is 3.64. The molecule has 120 valence electrons. The highest BCUT2D eigenvalue weighted by molar-refractivity contribution is 7.99. The zero-order valence-corrected chi connectivity index (χ0v) is 13.6. The first-order chi connectivity index (χ1) is 11.3. The number of thioether (sulfide) groups is 1. The van der Waals surface area contributed by atoms with Gasteiger partial charge < -0.3 is 9.47 Å². The summed E-state index contributed by atoms with van der Waals surface area (Å²) in [5.41, 5.74) is 0.346. The first kappa shape index (κ1) is 15.9. The first-order valence-corrected chi connectivity index (χ1v) is 8.55. The van der Waals surface area contributed by atoms with Crippen molar-refractivity contribution in [3.05, 3.63) is 66.2 Å². The molecule has 0 aliphatic carbocycles. The van der Waals surface area contributed by atoms with Crippen molar-refractivity contribution in [2.75, 3.05) is 12.4 Å². The molecule has 1 fully saturated rings. The van der Waals surface area contributed by atoms with Crippen LogP contribution in [0.3, 0.4) is 0 Å². The van der Waals surface area contributed by atoms with Gasteiger partial charge in [0.05, 0.1) is 6.61 Å². The zero-order chi connectivity index (χ0) is 16.0. The lowest BCUT2D eigenvalue weighted by atomic mass is 10.1. The molecule has 1 saturated heterocycles. The molecule has 1 aliphatic heterocycles. The van der Waals surface area contributed by atoms with Crippen molar-refractivity contribution in [2.45, 2.75) is 23.6 Å². The summed E-state index contributed by atoms with van der Waals surface area (Å²) in [6.07, 6.45) is 0.356. The Balaban J connectivity index is 1.49. The number of carbonyl (C=O) groups excluding carboxylic acids is 1. The molecule has 2 aromatic rings. The monoisotopic (exact) mass is 329 g/mol. The highest BCUT2D eigenvalue weighted by atomic mass is 32.2. The van der Waals surface area contributed by atoms with Crippen molar-refractivity contribution in [1.82, 2.24) is 5.32 Å². The van der Waals surface area contributed by atoms with Crippen molar-refractivity contribution >= 4 is 17.9 Å². The Bertz CT molecular complexity index is 629. The molecule has 0 bridgehead atoms. The molecule has 5 heteroatoms. The second-order valence-corrected chi connectivity index (χ2v) is 6.43. The van der Waals surface area contributed by atoms with E-state index in [1.165, 1.54) is 0 Å². The fourth-order valence-corrected chi connectivity index (χ4v) is 3.31. The van der Waals surface area contributed by atoms with E-state index in [4.69, 9.17) is 9.47 Å². The van der Waals surface area contributed by atoms with Crippen molar-refractivity contribution in [3.63, 3.8) is 0 Å². The average molecular weight is 329 g/mol. The number of ether oxygens (including phenoxy) is 2. The van der Waals surface area contributed by atoms with Crippen molar-refractivity contribution in [3.8, 4) is 0 Å². The van der Waals surface area contributed by atoms with E-state index in [1.807, 2.05) is 60.7 Å². The van der Waals surface area contributed by atoms with Gasteiger partial charge in [0, 0.05) is 17.1 Å². The van der Waals surface area contributed by atoms with E-state index in [-0.39, 0.29) is 6.61 Å². The molecular weight excluding hydrogens is 310 g/mol. The minimum absolute atomic E-state index is 0.259. The maximum absolute atomic E-state index is 12.0. The van der Waals surface area contributed by atoms with Crippen LogP contribution in [0.15, 0.2) is 65.6 Å². The van der Waals surface area contributed by atoms with Gasteiger partial charge in [-0.25, -0.2) is 4.79 Å². The minimum atomic E-state index is -0.617. The van der Waals surface area contributed by atoms with Gasteiger partial charge in [-0.3, -0.25) is 5.32 Å². The number of carbonyl (C=O) groups is 1. The van der Waals surface area contributed by atoms with Gasteiger partial charge in [-0.05, 0) is 17.7 Å². The van der Waals surface area contributed by atoms with Crippen LogP contribution < -0.4 is 5.32 Å². The molecular formula is C18H19NO3S.